The largest absolute Gasteiger partial charge is 0.493 e. The Balaban J connectivity index is 1.91. The van der Waals surface area contributed by atoms with Crippen LogP contribution in [0.25, 0.3) is 6.08 Å². The van der Waals surface area contributed by atoms with Crippen LogP contribution in [-0.4, -0.2) is 57.9 Å². The van der Waals surface area contributed by atoms with Gasteiger partial charge < -0.3 is 37.9 Å². The molecule has 0 aliphatic carbocycles. The first kappa shape index (κ1) is 34.0. The van der Waals surface area contributed by atoms with Crippen molar-refractivity contribution < 1.29 is 57.1 Å². The number of carbonyl (C=O) groups is 4. The average Bonchev–Trinajstić information content (AvgIpc) is 3.01. The van der Waals surface area contributed by atoms with Gasteiger partial charge in [-0.15, -0.1) is 0 Å². The molecule has 0 aliphatic heterocycles. The van der Waals surface area contributed by atoms with E-state index in [1.807, 2.05) is 0 Å². The molecule has 0 saturated heterocycles. The molecule has 0 spiro atoms. The van der Waals surface area contributed by atoms with Crippen molar-refractivity contribution in [2.24, 2.45) is 0 Å². The van der Waals surface area contributed by atoms with E-state index in [0.29, 0.717) is 28.4 Å². The fraction of sp³-hybridized carbons (Fsp3) is 0.273. The van der Waals surface area contributed by atoms with Crippen LogP contribution in [0.4, 0.5) is 0 Å². The smallest absolute Gasteiger partial charge is 0.330 e. The lowest BCUT2D eigenvalue weighted by molar-refractivity contribution is -0.156. The number of hydrogen-bond acceptors (Lipinski definition) is 12. The number of hydrogen-bond donors (Lipinski definition) is 0. The second kappa shape index (κ2) is 16.4. The van der Waals surface area contributed by atoms with Gasteiger partial charge in [0.2, 0.25) is 0 Å². The van der Waals surface area contributed by atoms with Gasteiger partial charge in [-0.05, 0) is 48.0 Å². The van der Waals surface area contributed by atoms with Crippen molar-refractivity contribution in [3.63, 3.8) is 0 Å². The molecular weight excluding hydrogens is 588 g/mol. The van der Waals surface area contributed by atoms with E-state index in [4.69, 9.17) is 37.9 Å². The molecule has 0 saturated carbocycles. The van der Waals surface area contributed by atoms with Gasteiger partial charge in [0.1, 0.15) is 6.61 Å². The second-order valence-corrected chi connectivity index (χ2v) is 9.31. The lowest BCUT2D eigenvalue weighted by atomic mass is 10.0. The van der Waals surface area contributed by atoms with Gasteiger partial charge in [0.25, 0.3) is 0 Å². The minimum absolute atomic E-state index is 0.159. The number of carbonyl (C=O) groups excluding carboxylic acids is 4. The van der Waals surface area contributed by atoms with Gasteiger partial charge in [-0.25, -0.2) is 4.79 Å². The number of methoxy groups -OCH3 is 3. The Kier molecular flexibility index (Phi) is 12.4. The lowest BCUT2D eigenvalue weighted by Gasteiger charge is -2.28. The van der Waals surface area contributed by atoms with E-state index in [-0.39, 0.29) is 23.9 Å². The number of ether oxygens (including phenoxy) is 8. The van der Waals surface area contributed by atoms with E-state index in [1.54, 1.807) is 42.5 Å². The molecule has 0 N–H and O–H groups in total. The van der Waals surface area contributed by atoms with Gasteiger partial charge in [0, 0.05) is 32.4 Å². The summed E-state index contributed by atoms with van der Waals surface area (Å²) in [5, 5.41) is 0. The van der Waals surface area contributed by atoms with Gasteiger partial charge in [0.15, 0.2) is 46.7 Å². The first-order chi connectivity index (χ1) is 21.5. The highest BCUT2D eigenvalue weighted by molar-refractivity contribution is 5.87. The summed E-state index contributed by atoms with van der Waals surface area (Å²) in [5.74, 6) is -0.825. The van der Waals surface area contributed by atoms with Gasteiger partial charge in [-0.2, -0.15) is 0 Å². The third-order valence-corrected chi connectivity index (χ3v) is 5.99. The van der Waals surface area contributed by atoms with Crippen LogP contribution in [-0.2, 0) is 28.7 Å². The highest BCUT2D eigenvalue weighted by Gasteiger charge is 2.31. The maximum absolute atomic E-state index is 12.8. The van der Waals surface area contributed by atoms with E-state index in [9.17, 15) is 19.2 Å². The Morgan fingerprint density at radius 2 is 1.24 bits per heavy atom. The molecule has 45 heavy (non-hydrogen) atoms. The molecule has 3 aromatic carbocycles. The zero-order chi connectivity index (χ0) is 32.9. The quantitative estimate of drug-likeness (QED) is 0.137. The summed E-state index contributed by atoms with van der Waals surface area (Å²) < 4.78 is 43.8. The zero-order valence-electron chi connectivity index (χ0n) is 25.7. The molecule has 0 aromatic heterocycles. The Labute approximate surface area is 260 Å². The van der Waals surface area contributed by atoms with Gasteiger partial charge in [0.05, 0.1) is 21.3 Å². The SMILES string of the molecule is COc1cc(/C=C/C(=O)OC[C@@H](Oc2ccccc2OC)[C@H](OC(C)=O)c2ccc(OC(C)=O)c(OC)c2)ccc1OC(C)=O. The number of rotatable bonds is 14. The van der Waals surface area contributed by atoms with E-state index < -0.39 is 36.1 Å². The number of para-hydroxylation sites is 2. The molecule has 3 rings (SSSR count). The Hall–Kier alpha value is -5.52. The summed E-state index contributed by atoms with van der Waals surface area (Å²) in [7, 11) is 4.28. The van der Waals surface area contributed by atoms with Crippen LogP contribution in [0.2, 0.25) is 0 Å². The maximum atomic E-state index is 12.8. The monoisotopic (exact) mass is 622 g/mol. The van der Waals surface area contributed by atoms with Crippen LogP contribution in [0, 0.1) is 0 Å². The summed E-state index contributed by atoms with van der Waals surface area (Å²) in [4.78, 5) is 47.9. The van der Waals surface area contributed by atoms with Crippen molar-refractivity contribution in [1.82, 2.24) is 0 Å². The van der Waals surface area contributed by atoms with Gasteiger partial charge in [-0.1, -0.05) is 24.3 Å². The number of esters is 4. The molecule has 0 aliphatic rings. The summed E-state index contributed by atoms with van der Waals surface area (Å²) in [5.41, 5.74) is 0.976. The Bertz CT molecular complexity index is 1540. The van der Waals surface area contributed by atoms with E-state index in [2.05, 4.69) is 0 Å². The van der Waals surface area contributed by atoms with Crippen LogP contribution in [0.5, 0.6) is 34.5 Å². The van der Waals surface area contributed by atoms with Gasteiger partial charge in [-0.3, -0.25) is 14.4 Å². The number of benzene rings is 3. The second-order valence-electron chi connectivity index (χ2n) is 9.31. The predicted molar refractivity (Wildman–Crippen MR) is 161 cm³/mol. The first-order valence-electron chi connectivity index (χ1n) is 13.6. The Morgan fingerprint density at radius 3 is 1.82 bits per heavy atom. The minimum atomic E-state index is -1.11. The molecule has 3 aromatic rings. The molecule has 12 nitrogen and oxygen atoms in total. The van der Waals surface area contributed by atoms with Crippen molar-refractivity contribution in [2.75, 3.05) is 27.9 Å². The summed E-state index contributed by atoms with van der Waals surface area (Å²) >= 11 is 0. The summed E-state index contributed by atoms with van der Waals surface area (Å²) in [6.07, 6.45) is 0.497. The molecule has 0 fully saturated rings. The lowest BCUT2D eigenvalue weighted by Crippen LogP contribution is -2.34. The molecule has 2 atom stereocenters. The molecule has 12 heteroatoms. The molecule has 238 valence electrons. The predicted octanol–water partition coefficient (Wildman–Crippen LogP) is 4.87. The Morgan fingerprint density at radius 1 is 0.667 bits per heavy atom. The highest BCUT2D eigenvalue weighted by atomic mass is 16.6. The van der Waals surface area contributed by atoms with E-state index in [0.717, 1.165) is 0 Å². The molecule has 0 amide bonds. The van der Waals surface area contributed by atoms with Crippen molar-refractivity contribution in [3.8, 4) is 34.5 Å². The van der Waals surface area contributed by atoms with Crippen molar-refractivity contribution in [3.05, 3.63) is 77.9 Å². The van der Waals surface area contributed by atoms with E-state index in [1.165, 1.54) is 72.5 Å². The summed E-state index contributed by atoms with van der Waals surface area (Å²) in [6.45, 7) is 3.40. The first-order valence-corrected chi connectivity index (χ1v) is 13.6. The van der Waals surface area contributed by atoms with E-state index >= 15 is 0 Å². The normalized spacial score (nSPS) is 12.0. The molecule has 0 heterocycles. The van der Waals surface area contributed by atoms with Crippen molar-refractivity contribution >= 4 is 30.0 Å². The molecular formula is C33H34O12. The minimum Gasteiger partial charge on any atom is -0.493 e. The van der Waals surface area contributed by atoms with Crippen LogP contribution < -0.4 is 28.4 Å². The zero-order valence-corrected chi connectivity index (χ0v) is 25.7. The fourth-order valence-corrected chi connectivity index (χ4v) is 4.10. The van der Waals surface area contributed by atoms with Crippen LogP contribution in [0.3, 0.4) is 0 Å². The summed E-state index contributed by atoms with van der Waals surface area (Å²) in [6, 6.07) is 16.1. The highest BCUT2D eigenvalue weighted by Crippen LogP contribution is 2.36. The molecule has 0 bridgehead atoms. The van der Waals surface area contributed by atoms with Crippen LogP contribution in [0.1, 0.15) is 38.0 Å². The van der Waals surface area contributed by atoms with Gasteiger partial charge >= 0.3 is 23.9 Å². The standard InChI is InChI=1S/C33H34O12/c1-20(34)42-27-14-11-23(17-29(27)39-5)12-16-32(37)41-19-31(45-26-10-8-7-9-25(26)38-4)33(44-22(3)36)24-13-15-28(43-21(2)35)30(18-24)40-6/h7-18,31,33H,19H2,1-6H3/b16-12+/t31-,33-/m1/s1. The van der Waals surface area contributed by atoms with Crippen molar-refractivity contribution in [2.45, 2.75) is 33.0 Å². The average molecular weight is 623 g/mol. The van der Waals surface area contributed by atoms with Crippen LogP contribution in [0.15, 0.2) is 66.7 Å². The van der Waals surface area contributed by atoms with Crippen molar-refractivity contribution in [1.29, 1.82) is 0 Å². The fourth-order valence-electron chi connectivity index (χ4n) is 4.10. The van der Waals surface area contributed by atoms with Crippen LogP contribution >= 0.6 is 0 Å². The molecule has 0 unspecified atom stereocenters. The topological polar surface area (TPSA) is 142 Å². The molecule has 0 radical (unpaired) electrons. The maximum Gasteiger partial charge on any atom is 0.330 e. The third kappa shape index (κ3) is 10.0. The third-order valence-electron chi connectivity index (χ3n) is 5.99.